The van der Waals surface area contributed by atoms with Crippen LogP contribution in [0.3, 0.4) is 0 Å². The zero-order chi connectivity index (χ0) is 16.2. The Morgan fingerprint density at radius 2 is 1.52 bits per heavy atom. The van der Waals surface area contributed by atoms with Crippen molar-refractivity contribution in [3.05, 3.63) is 0 Å². The van der Waals surface area contributed by atoms with Gasteiger partial charge in [0.15, 0.2) is 0 Å². The standard InChI is InChI=1S/C12H26O5Si.C3H8/c1-5-12(10-17-11-12)9-16-7-6-8-18(13-2,14-3)15-4;1-3-2/h5-11H2,1-4H3;3H2,1-2H3. The van der Waals surface area contributed by atoms with Crippen molar-refractivity contribution in [2.45, 2.75) is 46.1 Å². The fourth-order valence-electron chi connectivity index (χ4n) is 2.02. The van der Waals surface area contributed by atoms with E-state index in [9.17, 15) is 0 Å². The van der Waals surface area contributed by atoms with Crippen LogP contribution in [-0.2, 0) is 22.8 Å². The molecule has 0 saturated carbocycles. The molecule has 21 heavy (non-hydrogen) atoms. The topological polar surface area (TPSA) is 46.2 Å². The summed E-state index contributed by atoms with van der Waals surface area (Å²) in [5.41, 5.74) is 0.262. The minimum absolute atomic E-state index is 0.262. The van der Waals surface area contributed by atoms with E-state index < -0.39 is 8.80 Å². The monoisotopic (exact) mass is 322 g/mol. The molecule has 0 aromatic heterocycles. The van der Waals surface area contributed by atoms with Gasteiger partial charge in [-0.2, -0.15) is 0 Å². The van der Waals surface area contributed by atoms with Crippen LogP contribution >= 0.6 is 0 Å². The second-order valence-electron chi connectivity index (χ2n) is 5.50. The molecule has 1 aliphatic heterocycles. The Kier molecular flexibility index (Phi) is 11.6. The van der Waals surface area contributed by atoms with Crippen LogP contribution in [0, 0.1) is 5.41 Å². The molecule has 0 spiro atoms. The van der Waals surface area contributed by atoms with Crippen molar-refractivity contribution in [2.24, 2.45) is 5.41 Å². The average molecular weight is 323 g/mol. The van der Waals surface area contributed by atoms with Gasteiger partial charge in [0.1, 0.15) is 0 Å². The molecule has 0 bridgehead atoms. The molecule has 0 radical (unpaired) electrons. The zero-order valence-electron chi connectivity index (χ0n) is 14.7. The van der Waals surface area contributed by atoms with Crippen LogP contribution in [0.4, 0.5) is 0 Å². The summed E-state index contributed by atoms with van der Waals surface area (Å²) < 4.78 is 27.1. The van der Waals surface area contributed by atoms with E-state index >= 15 is 0 Å². The first kappa shape index (κ1) is 21.0. The van der Waals surface area contributed by atoms with Crippen molar-refractivity contribution >= 4 is 8.80 Å². The maximum absolute atomic E-state index is 5.74. The lowest BCUT2D eigenvalue weighted by Gasteiger charge is -2.40. The van der Waals surface area contributed by atoms with Gasteiger partial charge in [0.25, 0.3) is 0 Å². The van der Waals surface area contributed by atoms with Gasteiger partial charge < -0.3 is 22.8 Å². The molecule has 0 amide bonds. The zero-order valence-corrected chi connectivity index (χ0v) is 15.7. The van der Waals surface area contributed by atoms with Gasteiger partial charge in [0, 0.05) is 39.4 Å². The Labute approximate surface area is 131 Å². The highest BCUT2D eigenvalue weighted by atomic mass is 28.4. The Bertz CT molecular complexity index is 228. The summed E-state index contributed by atoms with van der Waals surface area (Å²) >= 11 is 0. The first-order valence-electron chi connectivity index (χ1n) is 7.88. The van der Waals surface area contributed by atoms with Gasteiger partial charge in [-0.25, -0.2) is 0 Å². The van der Waals surface area contributed by atoms with Crippen LogP contribution in [0.25, 0.3) is 0 Å². The number of rotatable bonds is 10. The lowest BCUT2D eigenvalue weighted by molar-refractivity contribution is -0.150. The molecule has 0 aromatic rings. The van der Waals surface area contributed by atoms with Gasteiger partial charge in [0.2, 0.25) is 0 Å². The van der Waals surface area contributed by atoms with Gasteiger partial charge in [-0.3, -0.25) is 0 Å². The first-order valence-corrected chi connectivity index (χ1v) is 9.81. The van der Waals surface area contributed by atoms with Gasteiger partial charge in [-0.05, 0) is 12.8 Å². The Morgan fingerprint density at radius 3 is 1.86 bits per heavy atom. The summed E-state index contributed by atoms with van der Waals surface area (Å²) in [7, 11) is 2.49. The summed E-state index contributed by atoms with van der Waals surface area (Å²) in [6.45, 7) is 9.59. The van der Waals surface area contributed by atoms with Crippen LogP contribution in [0.5, 0.6) is 0 Å². The lowest BCUT2D eigenvalue weighted by Crippen LogP contribution is -2.46. The van der Waals surface area contributed by atoms with Crippen molar-refractivity contribution in [2.75, 3.05) is 47.8 Å². The Morgan fingerprint density at radius 1 is 1.00 bits per heavy atom. The molecule has 0 atom stereocenters. The molecule has 1 aliphatic rings. The molecule has 0 aliphatic carbocycles. The van der Waals surface area contributed by atoms with Gasteiger partial charge in [0.05, 0.1) is 19.8 Å². The maximum atomic E-state index is 5.74. The molecule has 1 heterocycles. The SMILES string of the molecule is CCC.CCC1(COCCC[Si](OC)(OC)OC)COC1. The molecule has 0 unspecified atom stereocenters. The largest absolute Gasteiger partial charge is 0.500 e. The van der Waals surface area contributed by atoms with Gasteiger partial charge in [-0.1, -0.05) is 27.2 Å². The van der Waals surface area contributed by atoms with E-state index in [0.717, 1.165) is 38.7 Å². The van der Waals surface area contributed by atoms with Crippen LogP contribution < -0.4 is 0 Å². The smallest absolute Gasteiger partial charge is 0.381 e. The summed E-state index contributed by atoms with van der Waals surface area (Å²) in [6, 6.07) is 0.784. The highest BCUT2D eigenvalue weighted by molar-refractivity contribution is 6.60. The molecule has 1 fully saturated rings. The molecular formula is C15H34O5Si. The fourth-order valence-corrected chi connectivity index (χ4v) is 3.71. The van der Waals surface area contributed by atoms with Crippen LogP contribution in [-0.4, -0.2) is 56.6 Å². The lowest BCUT2D eigenvalue weighted by atomic mass is 9.84. The van der Waals surface area contributed by atoms with Gasteiger partial charge in [-0.15, -0.1) is 0 Å². The Hall–Kier alpha value is 0.0169. The van der Waals surface area contributed by atoms with Crippen molar-refractivity contribution in [1.82, 2.24) is 0 Å². The number of hydrogen-bond acceptors (Lipinski definition) is 5. The van der Waals surface area contributed by atoms with E-state index in [-0.39, 0.29) is 5.41 Å². The highest BCUT2D eigenvalue weighted by Gasteiger charge is 2.38. The summed E-state index contributed by atoms with van der Waals surface area (Å²) in [5, 5.41) is 0. The molecule has 1 saturated heterocycles. The van der Waals surface area contributed by atoms with E-state index in [0.29, 0.717) is 6.61 Å². The average Bonchev–Trinajstić information content (AvgIpc) is 2.47. The quantitative estimate of drug-likeness (QED) is 0.457. The molecule has 0 aromatic carbocycles. The summed E-state index contributed by atoms with van der Waals surface area (Å²) in [6.07, 6.45) is 3.25. The third-order valence-electron chi connectivity index (χ3n) is 3.68. The van der Waals surface area contributed by atoms with Crippen molar-refractivity contribution in [3.8, 4) is 0 Å². The second kappa shape index (κ2) is 11.6. The van der Waals surface area contributed by atoms with E-state index in [1.54, 1.807) is 21.3 Å². The third kappa shape index (κ3) is 7.21. The Balaban J connectivity index is 0.00000122. The minimum atomic E-state index is -2.42. The van der Waals surface area contributed by atoms with E-state index in [2.05, 4.69) is 20.8 Å². The third-order valence-corrected chi connectivity index (χ3v) is 6.51. The molecule has 128 valence electrons. The van der Waals surface area contributed by atoms with Gasteiger partial charge >= 0.3 is 8.80 Å². The minimum Gasteiger partial charge on any atom is -0.381 e. The predicted molar refractivity (Wildman–Crippen MR) is 86.5 cm³/mol. The first-order chi connectivity index (χ1) is 10.1. The molecular weight excluding hydrogens is 288 g/mol. The maximum Gasteiger partial charge on any atom is 0.500 e. The molecule has 0 N–H and O–H groups in total. The summed E-state index contributed by atoms with van der Waals surface area (Å²) in [4.78, 5) is 0. The van der Waals surface area contributed by atoms with Crippen LogP contribution in [0.1, 0.15) is 40.0 Å². The molecule has 6 heteroatoms. The van der Waals surface area contributed by atoms with Crippen molar-refractivity contribution in [3.63, 3.8) is 0 Å². The van der Waals surface area contributed by atoms with Crippen LogP contribution in [0.15, 0.2) is 0 Å². The fraction of sp³-hybridized carbons (Fsp3) is 1.00. The predicted octanol–water partition coefficient (Wildman–Crippen LogP) is 3.11. The van der Waals surface area contributed by atoms with E-state index in [1.807, 2.05) is 0 Å². The van der Waals surface area contributed by atoms with Crippen LogP contribution in [0.2, 0.25) is 6.04 Å². The highest BCUT2D eigenvalue weighted by Crippen LogP contribution is 2.31. The number of ether oxygens (including phenoxy) is 2. The second-order valence-corrected chi connectivity index (χ2v) is 8.60. The normalized spacial score (nSPS) is 16.9. The molecule has 1 rings (SSSR count). The summed E-state index contributed by atoms with van der Waals surface area (Å²) in [5.74, 6) is 0. The van der Waals surface area contributed by atoms with Crippen molar-refractivity contribution < 1.29 is 22.8 Å². The molecule has 5 nitrogen and oxygen atoms in total. The van der Waals surface area contributed by atoms with E-state index in [1.165, 1.54) is 6.42 Å². The van der Waals surface area contributed by atoms with Crippen molar-refractivity contribution in [1.29, 1.82) is 0 Å². The van der Waals surface area contributed by atoms with E-state index in [4.69, 9.17) is 22.8 Å². The number of hydrogen-bond donors (Lipinski definition) is 0.